The molecule has 0 heterocycles. The molecule has 144 valence electrons. The SMILES string of the molecule is C=Cc1ccc(C(CC)C(CC)([SiH2]Cl)C(CC)c2ccc(C=C)cc2)cc1. The van der Waals surface area contributed by atoms with E-state index in [9.17, 15) is 0 Å². The second-order valence-corrected chi connectivity index (χ2v) is 9.77. The Morgan fingerprint density at radius 3 is 1.41 bits per heavy atom. The van der Waals surface area contributed by atoms with Crippen molar-refractivity contribution in [3.8, 4) is 0 Å². The van der Waals surface area contributed by atoms with E-state index in [-0.39, 0.29) is 5.04 Å². The Kier molecular flexibility index (Phi) is 8.13. The third-order valence-corrected chi connectivity index (χ3v) is 9.74. The lowest BCUT2D eigenvalue weighted by Crippen LogP contribution is -2.32. The van der Waals surface area contributed by atoms with Gasteiger partial charge in [-0.25, -0.2) is 0 Å². The molecule has 0 N–H and O–H groups in total. The predicted molar refractivity (Wildman–Crippen MR) is 127 cm³/mol. The summed E-state index contributed by atoms with van der Waals surface area (Å²) in [6.45, 7) is 14.7. The molecular formula is C25H33ClSi. The molecule has 2 heteroatoms. The van der Waals surface area contributed by atoms with E-state index in [2.05, 4.69) is 82.5 Å². The van der Waals surface area contributed by atoms with Crippen LogP contribution >= 0.6 is 11.1 Å². The Balaban J connectivity index is 2.52. The van der Waals surface area contributed by atoms with Crippen molar-refractivity contribution in [1.29, 1.82) is 0 Å². The maximum Gasteiger partial charge on any atom is 0.132 e. The molecule has 0 amide bonds. The number of benzene rings is 2. The molecule has 2 atom stereocenters. The van der Waals surface area contributed by atoms with Crippen LogP contribution in [0.15, 0.2) is 61.7 Å². The van der Waals surface area contributed by atoms with Crippen LogP contribution < -0.4 is 0 Å². The molecule has 2 unspecified atom stereocenters. The van der Waals surface area contributed by atoms with Gasteiger partial charge in [-0.15, -0.1) is 0 Å². The zero-order valence-corrected chi connectivity index (χ0v) is 19.2. The molecule has 2 rings (SSSR count). The van der Waals surface area contributed by atoms with Gasteiger partial charge in [0.05, 0.1) is 0 Å². The van der Waals surface area contributed by atoms with Gasteiger partial charge in [0.15, 0.2) is 0 Å². The number of rotatable bonds is 10. The Morgan fingerprint density at radius 1 is 0.815 bits per heavy atom. The minimum Gasteiger partial charge on any atom is -0.176 e. The maximum atomic E-state index is 6.89. The summed E-state index contributed by atoms with van der Waals surface area (Å²) in [4.78, 5) is 0. The van der Waals surface area contributed by atoms with Crippen molar-refractivity contribution in [1.82, 2.24) is 0 Å². The lowest BCUT2D eigenvalue weighted by molar-refractivity contribution is 0.345. The predicted octanol–water partition coefficient (Wildman–Crippen LogP) is 7.55. The molecular weight excluding hydrogens is 364 g/mol. The first-order chi connectivity index (χ1) is 13.1. The van der Waals surface area contributed by atoms with Gasteiger partial charge < -0.3 is 0 Å². The highest BCUT2D eigenvalue weighted by molar-refractivity contribution is 6.95. The van der Waals surface area contributed by atoms with E-state index in [1.165, 1.54) is 22.3 Å². The summed E-state index contributed by atoms with van der Waals surface area (Å²) in [5, 5.41) is 0.163. The fraction of sp³-hybridized carbons (Fsp3) is 0.360. The van der Waals surface area contributed by atoms with Gasteiger partial charge in [-0.2, -0.15) is 11.1 Å². The molecule has 27 heavy (non-hydrogen) atoms. The van der Waals surface area contributed by atoms with Crippen LogP contribution in [0.25, 0.3) is 12.2 Å². The van der Waals surface area contributed by atoms with E-state index in [0.717, 1.165) is 19.3 Å². The highest BCUT2D eigenvalue weighted by Crippen LogP contribution is 2.58. The molecule has 0 aromatic heterocycles. The van der Waals surface area contributed by atoms with E-state index < -0.39 is 8.83 Å². The molecule has 0 spiro atoms. The minimum absolute atomic E-state index is 0.163. The second kappa shape index (κ2) is 10.1. The molecule has 0 radical (unpaired) electrons. The Hall–Kier alpha value is -1.57. The van der Waals surface area contributed by atoms with E-state index >= 15 is 0 Å². The van der Waals surface area contributed by atoms with E-state index in [1.54, 1.807) is 0 Å². The zero-order chi connectivity index (χ0) is 19.9. The summed E-state index contributed by atoms with van der Waals surface area (Å²) in [5.74, 6) is 0.962. The minimum atomic E-state index is -0.781. The number of hydrogen-bond donors (Lipinski definition) is 0. The Morgan fingerprint density at radius 2 is 1.19 bits per heavy atom. The summed E-state index contributed by atoms with van der Waals surface area (Å²) in [5.41, 5.74) is 5.18. The van der Waals surface area contributed by atoms with Crippen molar-refractivity contribution in [2.75, 3.05) is 0 Å². The zero-order valence-electron chi connectivity index (χ0n) is 17.0. The average molecular weight is 397 g/mol. The molecule has 0 nitrogen and oxygen atoms in total. The summed E-state index contributed by atoms with van der Waals surface area (Å²) in [7, 11) is -0.781. The average Bonchev–Trinajstić information content (AvgIpc) is 2.74. The first-order valence-electron chi connectivity index (χ1n) is 10.1. The van der Waals surface area contributed by atoms with Gasteiger partial charge in [0.2, 0.25) is 0 Å². The van der Waals surface area contributed by atoms with Crippen LogP contribution in [0.5, 0.6) is 0 Å². The first-order valence-corrected chi connectivity index (χ1v) is 12.9. The molecule has 0 saturated carbocycles. The van der Waals surface area contributed by atoms with Crippen molar-refractivity contribution in [3.63, 3.8) is 0 Å². The lowest BCUT2D eigenvalue weighted by Gasteiger charge is -2.45. The van der Waals surface area contributed by atoms with Gasteiger partial charge in [-0.05, 0) is 52.0 Å². The van der Waals surface area contributed by atoms with Crippen molar-refractivity contribution >= 4 is 32.1 Å². The molecule has 2 aromatic rings. The van der Waals surface area contributed by atoms with Crippen LogP contribution in [0.3, 0.4) is 0 Å². The highest BCUT2D eigenvalue weighted by Gasteiger charge is 2.43. The van der Waals surface area contributed by atoms with Crippen molar-refractivity contribution in [2.45, 2.75) is 56.9 Å². The molecule has 0 aliphatic rings. The fourth-order valence-electron chi connectivity index (χ4n) is 4.69. The highest BCUT2D eigenvalue weighted by atomic mass is 35.6. The Bertz CT molecular complexity index is 664. The monoisotopic (exact) mass is 396 g/mol. The van der Waals surface area contributed by atoms with E-state index in [4.69, 9.17) is 11.1 Å². The van der Waals surface area contributed by atoms with E-state index in [1.807, 2.05) is 12.2 Å². The quantitative estimate of drug-likeness (QED) is 0.287. The van der Waals surface area contributed by atoms with Crippen LogP contribution in [0, 0.1) is 0 Å². The number of hydrogen-bond acceptors (Lipinski definition) is 0. The largest absolute Gasteiger partial charge is 0.176 e. The standard InChI is InChI=1S/C25H33ClSi/c1-6-19-11-15-21(16-12-19)23(8-3)25(10-5,27-26)24(9-4)22-17-13-20(7-2)14-18-22/h6-7,11-18,23-24H,1-2,8-10,27H2,3-5H3. The maximum absolute atomic E-state index is 6.89. The fourth-order valence-corrected chi connectivity index (χ4v) is 7.99. The topological polar surface area (TPSA) is 0 Å². The van der Waals surface area contributed by atoms with Gasteiger partial charge >= 0.3 is 0 Å². The van der Waals surface area contributed by atoms with Gasteiger partial charge in [0.25, 0.3) is 0 Å². The lowest BCUT2D eigenvalue weighted by atomic mass is 9.70. The van der Waals surface area contributed by atoms with E-state index in [0.29, 0.717) is 11.8 Å². The molecule has 0 fully saturated rings. The Labute approximate surface area is 172 Å². The summed E-state index contributed by atoms with van der Waals surface area (Å²) < 4.78 is 0. The van der Waals surface area contributed by atoms with Crippen molar-refractivity contribution < 1.29 is 0 Å². The third-order valence-electron chi connectivity index (χ3n) is 6.26. The van der Waals surface area contributed by atoms with Crippen molar-refractivity contribution in [3.05, 3.63) is 83.9 Å². The second-order valence-electron chi connectivity index (χ2n) is 7.38. The number of halogens is 1. The molecule has 0 aliphatic carbocycles. The van der Waals surface area contributed by atoms with Crippen LogP contribution in [-0.2, 0) is 0 Å². The van der Waals surface area contributed by atoms with Crippen LogP contribution in [-0.4, -0.2) is 8.83 Å². The third kappa shape index (κ3) is 4.47. The smallest absolute Gasteiger partial charge is 0.132 e. The van der Waals surface area contributed by atoms with Gasteiger partial charge in [0, 0.05) is 0 Å². The first kappa shape index (κ1) is 21.7. The summed E-state index contributed by atoms with van der Waals surface area (Å²) >= 11 is 6.89. The summed E-state index contributed by atoms with van der Waals surface area (Å²) in [6.07, 6.45) is 7.16. The van der Waals surface area contributed by atoms with Gasteiger partial charge in [-0.1, -0.05) is 101 Å². The van der Waals surface area contributed by atoms with Crippen LogP contribution in [0.2, 0.25) is 5.04 Å². The van der Waals surface area contributed by atoms with Crippen molar-refractivity contribution in [2.24, 2.45) is 0 Å². The van der Waals surface area contributed by atoms with Gasteiger partial charge in [0.1, 0.15) is 8.83 Å². The van der Waals surface area contributed by atoms with Gasteiger partial charge in [-0.3, -0.25) is 0 Å². The molecule has 0 saturated heterocycles. The molecule has 0 bridgehead atoms. The summed E-state index contributed by atoms with van der Waals surface area (Å²) in [6, 6.07) is 17.9. The molecule has 2 aromatic carbocycles. The van der Waals surface area contributed by atoms with Crippen LogP contribution in [0.4, 0.5) is 0 Å². The molecule has 0 aliphatic heterocycles. The normalized spacial score (nSPS) is 16.0. The van der Waals surface area contributed by atoms with Crippen LogP contribution in [0.1, 0.15) is 74.1 Å².